The van der Waals surface area contributed by atoms with Crippen molar-refractivity contribution in [2.24, 2.45) is 0 Å². The minimum absolute atomic E-state index is 0.260. The molecule has 0 aliphatic heterocycles. The monoisotopic (exact) mass is 226 g/mol. The van der Waals surface area contributed by atoms with Gasteiger partial charge in [0.1, 0.15) is 0 Å². The zero-order chi connectivity index (χ0) is 12.2. The van der Waals surface area contributed by atoms with Crippen molar-refractivity contribution in [3.05, 3.63) is 12.7 Å². The highest BCUT2D eigenvalue weighted by molar-refractivity contribution is 4.80. The highest BCUT2D eigenvalue weighted by atomic mass is 16.5. The van der Waals surface area contributed by atoms with E-state index in [2.05, 4.69) is 27.4 Å². The summed E-state index contributed by atoms with van der Waals surface area (Å²) in [6, 6.07) is 0. The molecule has 0 aromatic heterocycles. The third-order valence-corrected chi connectivity index (χ3v) is 2.80. The van der Waals surface area contributed by atoms with Crippen LogP contribution in [0.3, 0.4) is 0 Å². The van der Waals surface area contributed by atoms with E-state index in [-0.39, 0.29) is 6.10 Å². The Hall–Kier alpha value is -0.300. The molecule has 1 unspecified atom stereocenters. The molecule has 0 aromatic carbocycles. The average molecular weight is 226 g/mol. The Labute approximate surface area is 102 Å². The van der Waals surface area contributed by atoms with Gasteiger partial charge in [-0.05, 0) is 20.3 Å². The summed E-state index contributed by atoms with van der Waals surface area (Å²) in [5.41, 5.74) is 0. The van der Waals surface area contributed by atoms with Crippen molar-refractivity contribution in [1.29, 1.82) is 0 Å². The predicted octanol–water partition coefficient (Wildman–Crippen LogP) is 5.11. The third-order valence-electron chi connectivity index (χ3n) is 2.80. The van der Waals surface area contributed by atoms with Gasteiger partial charge in [0, 0.05) is 0 Å². The van der Waals surface area contributed by atoms with Crippen LogP contribution >= 0.6 is 0 Å². The van der Waals surface area contributed by atoms with Gasteiger partial charge in [0.15, 0.2) is 0 Å². The number of hydrogen-bond donors (Lipinski definition) is 0. The molecule has 1 heteroatoms. The summed E-state index contributed by atoms with van der Waals surface area (Å²) in [5.74, 6) is 0. The molecule has 0 N–H and O–H groups in total. The van der Waals surface area contributed by atoms with E-state index in [4.69, 9.17) is 4.74 Å². The highest BCUT2D eigenvalue weighted by Crippen LogP contribution is 2.12. The number of ether oxygens (including phenoxy) is 1. The fraction of sp³-hybridized carbons (Fsp3) is 0.867. The first-order valence-electron chi connectivity index (χ1n) is 6.98. The van der Waals surface area contributed by atoms with Crippen molar-refractivity contribution in [1.82, 2.24) is 0 Å². The van der Waals surface area contributed by atoms with Gasteiger partial charge in [-0.25, -0.2) is 0 Å². The van der Waals surface area contributed by atoms with Crippen LogP contribution in [0.4, 0.5) is 0 Å². The van der Waals surface area contributed by atoms with E-state index in [1.54, 1.807) is 0 Å². The van der Waals surface area contributed by atoms with Crippen molar-refractivity contribution in [2.45, 2.75) is 84.3 Å². The van der Waals surface area contributed by atoms with Gasteiger partial charge in [-0.2, -0.15) is 0 Å². The summed E-state index contributed by atoms with van der Waals surface area (Å²) in [5, 5.41) is 0. The van der Waals surface area contributed by atoms with Gasteiger partial charge in [0.2, 0.25) is 0 Å². The zero-order valence-corrected chi connectivity index (χ0v) is 11.5. The minimum atomic E-state index is 0.260. The van der Waals surface area contributed by atoms with Gasteiger partial charge in [-0.3, -0.25) is 0 Å². The molecule has 0 heterocycles. The molecule has 0 fully saturated rings. The minimum Gasteiger partial charge on any atom is -0.372 e. The van der Waals surface area contributed by atoms with Crippen LogP contribution in [0.15, 0.2) is 12.7 Å². The molecule has 0 aromatic rings. The van der Waals surface area contributed by atoms with Gasteiger partial charge in [-0.1, -0.05) is 57.9 Å². The molecule has 0 amide bonds. The van der Waals surface area contributed by atoms with Crippen LogP contribution in [-0.4, -0.2) is 12.2 Å². The second kappa shape index (κ2) is 11.2. The predicted molar refractivity (Wildman–Crippen MR) is 72.8 cm³/mol. The van der Waals surface area contributed by atoms with Crippen LogP contribution < -0.4 is 0 Å². The standard InChI is InChI=1S/C15H30O/c1-5-7-8-9-10-11-12-13-15(6-2)16-14(3)4/h6,14-15H,2,5,7-13H2,1,3-4H3. The van der Waals surface area contributed by atoms with Gasteiger partial charge in [0.05, 0.1) is 12.2 Å². The lowest BCUT2D eigenvalue weighted by molar-refractivity contribution is 0.0299. The van der Waals surface area contributed by atoms with E-state index in [0.717, 1.165) is 6.42 Å². The van der Waals surface area contributed by atoms with Crippen LogP contribution in [0.5, 0.6) is 0 Å². The largest absolute Gasteiger partial charge is 0.372 e. The molecule has 1 nitrogen and oxygen atoms in total. The topological polar surface area (TPSA) is 9.23 Å². The van der Waals surface area contributed by atoms with E-state index in [0.29, 0.717) is 6.10 Å². The molecule has 96 valence electrons. The van der Waals surface area contributed by atoms with E-state index >= 15 is 0 Å². The Kier molecular flexibility index (Phi) is 11.0. The molecule has 0 radical (unpaired) electrons. The van der Waals surface area contributed by atoms with Gasteiger partial charge < -0.3 is 4.74 Å². The van der Waals surface area contributed by atoms with Gasteiger partial charge >= 0.3 is 0 Å². The van der Waals surface area contributed by atoms with Crippen molar-refractivity contribution >= 4 is 0 Å². The summed E-state index contributed by atoms with van der Waals surface area (Å²) >= 11 is 0. The summed E-state index contributed by atoms with van der Waals surface area (Å²) in [6.07, 6.45) is 13.2. The fourth-order valence-electron chi connectivity index (χ4n) is 1.89. The van der Waals surface area contributed by atoms with Crippen LogP contribution in [-0.2, 0) is 4.74 Å². The maximum absolute atomic E-state index is 5.73. The number of hydrogen-bond acceptors (Lipinski definition) is 1. The van der Waals surface area contributed by atoms with Crippen molar-refractivity contribution in [2.75, 3.05) is 0 Å². The quantitative estimate of drug-likeness (QED) is 0.351. The summed E-state index contributed by atoms with van der Waals surface area (Å²) in [4.78, 5) is 0. The second-order valence-corrected chi connectivity index (χ2v) is 4.87. The van der Waals surface area contributed by atoms with E-state index in [1.165, 1.54) is 44.9 Å². The van der Waals surface area contributed by atoms with E-state index < -0.39 is 0 Å². The molecular formula is C15H30O. The molecular weight excluding hydrogens is 196 g/mol. The van der Waals surface area contributed by atoms with Gasteiger partial charge in [0.25, 0.3) is 0 Å². The smallest absolute Gasteiger partial charge is 0.0756 e. The lowest BCUT2D eigenvalue weighted by Gasteiger charge is -2.16. The summed E-state index contributed by atoms with van der Waals surface area (Å²) in [7, 11) is 0. The van der Waals surface area contributed by atoms with Crippen molar-refractivity contribution in [3.8, 4) is 0 Å². The Balaban J connectivity index is 3.31. The van der Waals surface area contributed by atoms with E-state index in [1.807, 2.05) is 6.08 Å². The molecule has 0 aliphatic carbocycles. The van der Waals surface area contributed by atoms with Crippen LogP contribution in [0.2, 0.25) is 0 Å². The van der Waals surface area contributed by atoms with E-state index in [9.17, 15) is 0 Å². The van der Waals surface area contributed by atoms with Crippen LogP contribution in [0.25, 0.3) is 0 Å². The Morgan fingerprint density at radius 3 is 2.06 bits per heavy atom. The lowest BCUT2D eigenvalue weighted by atomic mass is 10.1. The molecule has 16 heavy (non-hydrogen) atoms. The lowest BCUT2D eigenvalue weighted by Crippen LogP contribution is -2.15. The molecule has 0 saturated carbocycles. The SMILES string of the molecule is C=CC(CCCCCCCCC)OC(C)C. The highest BCUT2D eigenvalue weighted by Gasteiger charge is 2.05. The maximum Gasteiger partial charge on any atom is 0.0756 e. The normalized spacial score (nSPS) is 13.0. The Morgan fingerprint density at radius 2 is 1.56 bits per heavy atom. The third kappa shape index (κ3) is 10.2. The molecule has 0 aliphatic rings. The Bertz CT molecular complexity index is 152. The average Bonchev–Trinajstić information content (AvgIpc) is 2.25. The fourth-order valence-corrected chi connectivity index (χ4v) is 1.89. The van der Waals surface area contributed by atoms with Gasteiger partial charge in [-0.15, -0.1) is 6.58 Å². The summed E-state index contributed by atoms with van der Waals surface area (Å²) < 4.78 is 5.73. The first kappa shape index (κ1) is 15.7. The Morgan fingerprint density at radius 1 is 1.00 bits per heavy atom. The van der Waals surface area contributed by atoms with Crippen molar-refractivity contribution in [3.63, 3.8) is 0 Å². The first-order chi connectivity index (χ1) is 7.70. The second-order valence-electron chi connectivity index (χ2n) is 4.87. The maximum atomic E-state index is 5.73. The summed E-state index contributed by atoms with van der Waals surface area (Å²) in [6.45, 7) is 10.3. The molecule has 0 bridgehead atoms. The molecule has 0 rings (SSSR count). The van der Waals surface area contributed by atoms with Crippen molar-refractivity contribution < 1.29 is 4.74 Å². The number of rotatable bonds is 11. The van der Waals surface area contributed by atoms with Crippen LogP contribution in [0.1, 0.15) is 72.1 Å². The zero-order valence-electron chi connectivity index (χ0n) is 11.5. The number of unbranched alkanes of at least 4 members (excludes halogenated alkanes) is 6. The molecule has 0 spiro atoms. The first-order valence-corrected chi connectivity index (χ1v) is 6.98. The molecule has 0 saturated heterocycles. The molecule has 1 atom stereocenters. The van der Waals surface area contributed by atoms with Crippen LogP contribution in [0, 0.1) is 0 Å².